The molecule has 0 radical (unpaired) electrons. The number of hydrogen-bond acceptors (Lipinski definition) is 2. The molecule has 6 heteroatoms. The molecule has 0 amide bonds. The van der Waals surface area contributed by atoms with Crippen molar-refractivity contribution in [1.29, 1.82) is 0 Å². The molecule has 0 aliphatic rings. The second-order valence-electron chi connectivity index (χ2n) is 3.75. The Balaban J connectivity index is 2.63. The number of carboxylic acid groups (broad SMARTS) is 1. The fourth-order valence-electron chi connectivity index (χ4n) is 1.42. The van der Waals surface area contributed by atoms with Gasteiger partial charge in [-0.15, -0.1) is 0 Å². The Morgan fingerprint density at radius 2 is 1.82 bits per heavy atom. The number of nitrogens with two attached hydrogens (primary N) is 1. The van der Waals surface area contributed by atoms with Crippen LogP contribution in [0.25, 0.3) is 0 Å². The summed E-state index contributed by atoms with van der Waals surface area (Å²) in [6, 6.07) is 0.589. The van der Waals surface area contributed by atoms with Crippen LogP contribution in [0, 0.1) is 17.5 Å². The summed E-state index contributed by atoms with van der Waals surface area (Å²) in [5.41, 5.74) is 5.46. The third kappa shape index (κ3) is 4.07. The lowest BCUT2D eigenvalue weighted by molar-refractivity contribution is -0.137. The topological polar surface area (TPSA) is 63.3 Å². The highest BCUT2D eigenvalue weighted by Crippen LogP contribution is 2.16. The smallest absolute Gasteiger partial charge is 0.304 e. The third-order valence-corrected chi connectivity index (χ3v) is 2.31. The van der Waals surface area contributed by atoms with Crippen LogP contribution in [0.1, 0.15) is 18.4 Å². The van der Waals surface area contributed by atoms with Gasteiger partial charge in [-0.2, -0.15) is 0 Å². The maximum Gasteiger partial charge on any atom is 0.304 e. The molecule has 0 bridgehead atoms. The lowest BCUT2D eigenvalue weighted by Gasteiger charge is -2.09. The van der Waals surface area contributed by atoms with Gasteiger partial charge in [0.15, 0.2) is 11.6 Å². The fourth-order valence-corrected chi connectivity index (χ4v) is 1.42. The highest BCUT2D eigenvalue weighted by Gasteiger charge is 2.12. The van der Waals surface area contributed by atoms with Gasteiger partial charge in [-0.1, -0.05) is 0 Å². The largest absolute Gasteiger partial charge is 0.481 e. The molecule has 0 aliphatic heterocycles. The van der Waals surface area contributed by atoms with E-state index in [1.54, 1.807) is 0 Å². The van der Waals surface area contributed by atoms with Gasteiger partial charge in [0.25, 0.3) is 0 Å². The highest BCUT2D eigenvalue weighted by molar-refractivity contribution is 5.67. The Hall–Kier alpha value is -1.56. The third-order valence-electron chi connectivity index (χ3n) is 2.31. The summed E-state index contributed by atoms with van der Waals surface area (Å²) in [5.74, 6) is -4.29. The van der Waals surface area contributed by atoms with Gasteiger partial charge in [0.05, 0.1) is 6.42 Å². The molecular formula is C11H12F3NO2. The average Bonchev–Trinajstić information content (AvgIpc) is 2.20. The molecule has 0 fully saturated rings. The van der Waals surface area contributed by atoms with Crippen LogP contribution in [0.15, 0.2) is 12.1 Å². The Morgan fingerprint density at radius 3 is 2.41 bits per heavy atom. The van der Waals surface area contributed by atoms with Crippen LogP contribution in [-0.4, -0.2) is 17.1 Å². The molecule has 0 aliphatic carbocycles. The van der Waals surface area contributed by atoms with E-state index in [1.165, 1.54) is 0 Å². The van der Waals surface area contributed by atoms with Crippen molar-refractivity contribution in [3.63, 3.8) is 0 Å². The van der Waals surface area contributed by atoms with E-state index < -0.39 is 29.5 Å². The summed E-state index contributed by atoms with van der Waals surface area (Å²) in [7, 11) is 0. The number of carbonyl (C=O) groups is 1. The van der Waals surface area contributed by atoms with Crippen molar-refractivity contribution in [1.82, 2.24) is 0 Å². The minimum atomic E-state index is -1.25. The molecule has 1 atom stereocenters. The van der Waals surface area contributed by atoms with Crippen molar-refractivity contribution >= 4 is 5.97 Å². The van der Waals surface area contributed by atoms with E-state index in [-0.39, 0.29) is 24.8 Å². The predicted molar refractivity (Wildman–Crippen MR) is 54.9 cm³/mol. The minimum absolute atomic E-state index is 0.00950. The Bertz CT molecular complexity index is 423. The van der Waals surface area contributed by atoms with Gasteiger partial charge >= 0.3 is 5.97 Å². The number of aliphatic carboxylic acids is 1. The SMILES string of the molecule is N[C@H](CCc1cc(F)c(F)cc1F)CC(=O)O. The van der Waals surface area contributed by atoms with Crippen LogP contribution in [-0.2, 0) is 11.2 Å². The van der Waals surface area contributed by atoms with Gasteiger partial charge in [-0.05, 0) is 24.5 Å². The van der Waals surface area contributed by atoms with E-state index >= 15 is 0 Å². The van der Waals surface area contributed by atoms with Crippen molar-refractivity contribution in [3.8, 4) is 0 Å². The Labute approximate surface area is 96.0 Å². The Morgan fingerprint density at radius 1 is 1.24 bits per heavy atom. The van der Waals surface area contributed by atoms with Crippen molar-refractivity contribution in [3.05, 3.63) is 35.1 Å². The minimum Gasteiger partial charge on any atom is -0.481 e. The standard InChI is InChI=1S/C11H12F3NO2/c12-8-5-10(14)9(13)3-6(8)1-2-7(15)4-11(16)17/h3,5,7H,1-2,4,15H2,(H,16,17)/t7-/m1/s1. The first-order valence-electron chi connectivity index (χ1n) is 5.01. The van der Waals surface area contributed by atoms with Crippen LogP contribution >= 0.6 is 0 Å². The molecule has 3 N–H and O–H groups in total. The molecule has 0 saturated carbocycles. The van der Waals surface area contributed by atoms with Crippen LogP contribution in [0.5, 0.6) is 0 Å². The summed E-state index contributed by atoms with van der Waals surface area (Å²) in [5, 5.41) is 8.45. The van der Waals surface area contributed by atoms with Crippen molar-refractivity contribution in [2.45, 2.75) is 25.3 Å². The molecule has 0 spiro atoms. The number of rotatable bonds is 5. The van der Waals surface area contributed by atoms with Gasteiger partial charge in [-0.3, -0.25) is 4.79 Å². The second kappa shape index (κ2) is 5.67. The number of carboxylic acids is 1. The number of halogens is 3. The van der Waals surface area contributed by atoms with Gasteiger partial charge in [0, 0.05) is 12.1 Å². The molecule has 17 heavy (non-hydrogen) atoms. The molecule has 0 heterocycles. The highest BCUT2D eigenvalue weighted by atomic mass is 19.2. The lowest BCUT2D eigenvalue weighted by atomic mass is 10.0. The zero-order chi connectivity index (χ0) is 13.0. The van der Waals surface area contributed by atoms with E-state index in [4.69, 9.17) is 10.8 Å². The fraction of sp³-hybridized carbons (Fsp3) is 0.364. The number of hydrogen-bond donors (Lipinski definition) is 2. The predicted octanol–water partition coefficient (Wildman–Crippen LogP) is 1.84. The monoisotopic (exact) mass is 247 g/mol. The normalized spacial score (nSPS) is 12.5. The molecule has 94 valence electrons. The summed E-state index contributed by atoms with van der Waals surface area (Å²) < 4.78 is 38.6. The summed E-state index contributed by atoms with van der Waals surface area (Å²) >= 11 is 0. The van der Waals surface area contributed by atoms with E-state index in [2.05, 4.69) is 0 Å². The molecule has 0 saturated heterocycles. The Kier molecular flexibility index (Phi) is 4.51. The maximum absolute atomic E-state index is 13.2. The first-order valence-corrected chi connectivity index (χ1v) is 5.01. The van der Waals surface area contributed by atoms with Crippen LogP contribution in [0.4, 0.5) is 13.2 Å². The molecule has 1 aromatic carbocycles. The summed E-state index contributed by atoms with van der Waals surface area (Å²) in [4.78, 5) is 10.3. The zero-order valence-corrected chi connectivity index (χ0v) is 8.92. The van der Waals surface area contributed by atoms with Crippen molar-refractivity contribution in [2.24, 2.45) is 5.73 Å². The molecule has 1 aromatic rings. The van der Waals surface area contributed by atoms with E-state index in [0.717, 1.165) is 6.07 Å². The first kappa shape index (κ1) is 13.5. The van der Waals surface area contributed by atoms with Gasteiger partial charge in [0.2, 0.25) is 0 Å². The molecular weight excluding hydrogens is 235 g/mol. The quantitative estimate of drug-likeness (QED) is 0.780. The van der Waals surface area contributed by atoms with Crippen LogP contribution in [0.2, 0.25) is 0 Å². The van der Waals surface area contributed by atoms with Crippen molar-refractivity contribution < 1.29 is 23.1 Å². The van der Waals surface area contributed by atoms with Gasteiger partial charge in [-0.25, -0.2) is 13.2 Å². The van der Waals surface area contributed by atoms with E-state index in [0.29, 0.717) is 6.07 Å². The molecule has 1 rings (SSSR count). The first-order chi connectivity index (χ1) is 7.90. The number of benzene rings is 1. The zero-order valence-electron chi connectivity index (χ0n) is 8.92. The van der Waals surface area contributed by atoms with Gasteiger partial charge < -0.3 is 10.8 Å². The molecule has 3 nitrogen and oxygen atoms in total. The van der Waals surface area contributed by atoms with E-state index in [9.17, 15) is 18.0 Å². The summed E-state index contributed by atoms with van der Waals surface area (Å²) in [6.45, 7) is 0. The number of aryl methyl sites for hydroxylation is 1. The van der Waals surface area contributed by atoms with E-state index in [1.807, 2.05) is 0 Å². The maximum atomic E-state index is 13.2. The average molecular weight is 247 g/mol. The lowest BCUT2D eigenvalue weighted by Crippen LogP contribution is -2.24. The molecule has 0 aromatic heterocycles. The molecule has 0 unspecified atom stereocenters. The van der Waals surface area contributed by atoms with Crippen LogP contribution in [0.3, 0.4) is 0 Å². The van der Waals surface area contributed by atoms with Crippen LogP contribution < -0.4 is 5.73 Å². The second-order valence-corrected chi connectivity index (χ2v) is 3.75. The summed E-state index contributed by atoms with van der Waals surface area (Å²) in [6.07, 6.45) is 0.0110. The van der Waals surface area contributed by atoms with Gasteiger partial charge in [0.1, 0.15) is 5.82 Å². The van der Waals surface area contributed by atoms with Crippen molar-refractivity contribution in [2.75, 3.05) is 0 Å².